The van der Waals surface area contributed by atoms with Gasteiger partial charge in [-0.25, -0.2) is 4.39 Å². The Hall–Kier alpha value is -1.39. The van der Waals surface area contributed by atoms with E-state index in [1.807, 2.05) is 38.1 Å². The van der Waals surface area contributed by atoms with Crippen molar-refractivity contribution in [3.05, 3.63) is 63.9 Å². The SMILES string of the molecule is CCC(N)C(Oc1ccc(F)c(Br)c1)c1ccc(C)cc1. The van der Waals surface area contributed by atoms with Crippen molar-refractivity contribution in [1.29, 1.82) is 0 Å². The molecule has 0 saturated heterocycles. The normalized spacial score (nSPS) is 13.8. The summed E-state index contributed by atoms with van der Waals surface area (Å²) in [6, 6.07) is 12.6. The van der Waals surface area contributed by atoms with Gasteiger partial charge in [-0.15, -0.1) is 0 Å². The highest BCUT2D eigenvalue weighted by atomic mass is 79.9. The van der Waals surface area contributed by atoms with Crippen molar-refractivity contribution in [2.24, 2.45) is 5.73 Å². The summed E-state index contributed by atoms with van der Waals surface area (Å²) in [4.78, 5) is 0. The third-order valence-corrected chi connectivity index (χ3v) is 4.03. The maximum atomic E-state index is 13.3. The molecule has 2 aromatic rings. The molecular formula is C17H19BrFNO. The second kappa shape index (κ2) is 7.05. The van der Waals surface area contributed by atoms with Crippen LogP contribution in [0, 0.1) is 12.7 Å². The first-order valence-corrected chi connectivity index (χ1v) is 7.74. The highest BCUT2D eigenvalue weighted by Gasteiger charge is 2.20. The zero-order valence-electron chi connectivity index (χ0n) is 12.1. The monoisotopic (exact) mass is 351 g/mol. The van der Waals surface area contributed by atoms with Gasteiger partial charge in [0.05, 0.1) is 4.47 Å². The summed E-state index contributed by atoms with van der Waals surface area (Å²) in [6.45, 7) is 4.06. The minimum Gasteiger partial charge on any atom is -0.484 e. The van der Waals surface area contributed by atoms with Gasteiger partial charge in [-0.05, 0) is 53.0 Å². The van der Waals surface area contributed by atoms with Crippen LogP contribution in [-0.4, -0.2) is 6.04 Å². The van der Waals surface area contributed by atoms with E-state index in [-0.39, 0.29) is 18.0 Å². The average molecular weight is 352 g/mol. The van der Waals surface area contributed by atoms with Crippen LogP contribution in [0.25, 0.3) is 0 Å². The van der Waals surface area contributed by atoms with Crippen LogP contribution in [0.3, 0.4) is 0 Å². The van der Waals surface area contributed by atoms with E-state index in [9.17, 15) is 4.39 Å². The van der Waals surface area contributed by atoms with Crippen molar-refractivity contribution < 1.29 is 9.13 Å². The average Bonchev–Trinajstić information content (AvgIpc) is 2.48. The van der Waals surface area contributed by atoms with Crippen LogP contribution in [-0.2, 0) is 0 Å². The molecule has 21 heavy (non-hydrogen) atoms. The fourth-order valence-corrected chi connectivity index (χ4v) is 2.43. The van der Waals surface area contributed by atoms with Crippen molar-refractivity contribution >= 4 is 15.9 Å². The summed E-state index contributed by atoms with van der Waals surface area (Å²) >= 11 is 3.17. The molecule has 2 rings (SSSR count). The Morgan fingerprint density at radius 3 is 2.43 bits per heavy atom. The van der Waals surface area contributed by atoms with Crippen molar-refractivity contribution in [3.63, 3.8) is 0 Å². The van der Waals surface area contributed by atoms with E-state index in [2.05, 4.69) is 15.9 Å². The molecule has 0 aliphatic heterocycles. The third kappa shape index (κ3) is 4.05. The van der Waals surface area contributed by atoms with Crippen molar-refractivity contribution in [2.75, 3.05) is 0 Å². The molecule has 0 radical (unpaired) electrons. The molecule has 2 atom stereocenters. The van der Waals surface area contributed by atoms with Gasteiger partial charge >= 0.3 is 0 Å². The fraction of sp³-hybridized carbons (Fsp3) is 0.294. The molecule has 0 fully saturated rings. The fourth-order valence-electron chi connectivity index (χ4n) is 2.07. The molecule has 2 aromatic carbocycles. The van der Waals surface area contributed by atoms with Crippen LogP contribution in [0.2, 0.25) is 0 Å². The first kappa shape index (κ1) is 16.0. The van der Waals surface area contributed by atoms with Gasteiger partial charge in [-0.2, -0.15) is 0 Å². The lowest BCUT2D eigenvalue weighted by Crippen LogP contribution is -2.31. The first-order chi connectivity index (χ1) is 10.0. The van der Waals surface area contributed by atoms with E-state index < -0.39 is 0 Å². The summed E-state index contributed by atoms with van der Waals surface area (Å²) in [7, 11) is 0. The number of rotatable bonds is 5. The minimum absolute atomic E-state index is 0.128. The van der Waals surface area contributed by atoms with Crippen molar-refractivity contribution in [3.8, 4) is 5.75 Å². The quantitative estimate of drug-likeness (QED) is 0.843. The van der Waals surface area contributed by atoms with Gasteiger partial charge in [0.15, 0.2) is 0 Å². The summed E-state index contributed by atoms with van der Waals surface area (Å²) in [5.74, 6) is 0.284. The van der Waals surface area contributed by atoms with Crippen molar-refractivity contribution in [2.45, 2.75) is 32.4 Å². The summed E-state index contributed by atoms with van der Waals surface area (Å²) in [5, 5.41) is 0. The molecule has 0 aliphatic rings. The van der Waals surface area contributed by atoms with Gasteiger partial charge in [-0.1, -0.05) is 36.8 Å². The van der Waals surface area contributed by atoms with E-state index in [4.69, 9.17) is 10.5 Å². The van der Waals surface area contributed by atoms with E-state index in [1.165, 1.54) is 11.6 Å². The number of nitrogens with two attached hydrogens (primary N) is 1. The second-order valence-corrected chi connectivity index (χ2v) is 5.95. The Morgan fingerprint density at radius 2 is 1.86 bits per heavy atom. The van der Waals surface area contributed by atoms with E-state index in [1.54, 1.807) is 12.1 Å². The molecule has 0 aliphatic carbocycles. The number of halogens is 2. The molecule has 0 spiro atoms. The highest BCUT2D eigenvalue weighted by molar-refractivity contribution is 9.10. The number of aryl methyl sites for hydroxylation is 1. The molecule has 2 N–H and O–H groups in total. The molecule has 2 nitrogen and oxygen atoms in total. The largest absolute Gasteiger partial charge is 0.484 e. The van der Waals surface area contributed by atoms with Gasteiger partial charge in [-0.3, -0.25) is 0 Å². The number of hydrogen-bond donors (Lipinski definition) is 1. The lowest BCUT2D eigenvalue weighted by Gasteiger charge is -2.25. The Labute approximate surface area is 133 Å². The van der Waals surface area contributed by atoms with Gasteiger partial charge in [0, 0.05) is 6.04 Å². The van der Waals surface area contributed by atoms with Crippen molar-refractivity contribution in [1.82, 2.24) is 0 Å². The predicted molar refractivity (Wildman–Crippen MR) is 86.9 cm³/mol. The molecule has 0 aromatic heterocycles. The molecule has 112 valence electrons. The Morgan fingerprint density at radius 1 is 1.19 bits per heavy atom. The Bertz CT molecular complexity index is 600. The summed E-state index contributed by atoms with van der Waals surface area (Å²) in [5.41, 5.74) is 8.40. The van der Waals surface area contributed by atoms with E-state index >= 15 is 0 Å². The van der Waals surface area contributed by atoms with E-state index in [0.29, 0.717) is 10.2 Å². The number of hydrogen-bond acceptors (Lipinski definition) is 2. The lowest BCUT2D eigenvalue weighted by molar-refractivity contribution is 0.170. The van der Waals surface area contributed by atoms with Gasteiger partial charge < -0.3 is 10.5 Å². The van der Waals surface area contributed by atoms with Crippen LogP contribution in [0.4, 0.5) is 4.39 Å². The molecule has 0 heterocycles. The van der Waals surface area contributed by atoms with Gasteiger partial charge in [0.2, 0.25) is 0 Å². The zero-order chi connectivity index (χ0) is 15.4. The van der Waals surface area contributed by atoms with Crippen LogP contribution < -0.4 is 10.5 Å². The summed E-state index contributed by atoms with van der Waals surface area (Å²) in [6.07, 6.45) is 0.536. The Balaban J connectivity index is 2.28. The standard InChI is InChI=1S/C17H19BrFNO/c1-3-16(20)17(12-6-4-11(2)5-7-12)21-13-8-9-15(19)14(18)10-13/h4-10,16-17H,3,20H2,1-2H3. The highest BCUT2D eigenvalue weighted by Crippen LogP contribution is 2.28. The molecule has 0 saturated carbocycles. The number of benzene rings is 2. The Kier molecular flexibility index (Phi) is 5.37. The van der Waals surface area contributed by atoms with Crippen LogP contribution in [0.1, 0.15) is 30.6 Å². The number of ether oxygens (including phenoxy) is 1. The molecule has 4 heteroatoms. The van der Waals surface area contributed by atoms with Gasteiger partial charge in [0.1, 0.15) is 17.7 Å². The van der Waals surface area contributed by atoms with E-state index in [0.717, 1.165) is 12.0 Å². The minimum atomic E-state index is -0.311. The second-order valence-electron chi connectivity index (χ2n) is 5.10. The zero-order valence-corrected chi connectivity index (χ0v) is 13.7. The molecular weight excluding hydrogens is 333 g/mol. The predicted octanol–water partition coefficient (Wildman–Crippen LogP) is 4.75. The maximum Gasteiger partial charge on any atom is 0.139 e. The molecule has 2 unspecified atom stereocenters. The summed E-state index contributed by atoms with van der Waals surface area (Å²) < 4.78 is 19.7. The smallest absolute Gasteiger partial charge is 0.139 e. The lowest BCUT2D eigenvalue weighted by atomic mass is 10.00. The topological polar surface area (TPSA) is 35.2 Å². The van der Waals surface area contributed by atoms with Crippen LogP contribution >= 0.6 is 15.9 Å². The molecule has 0 amide bonds. The maximum absolute atomic E-state index is 13.3. The van der Waals surface area contributed by atoms with Gasteiger partial charge in [0.25, 0.3) is 0 Å². The van der Waals surface area contributed by atoms with Crippen LogP contribution in [0.5, 0.6) is 5.75 Å². The van der Waals surface area contributed by atoms with Crippen LogP contribution in [0.15, 0.2) is 46.9 Å². The molecule has 0 bridgehead atoms. The third-order valence-electron chi connectivity index (χ3n) is 3.42. The first-order valence-electron chi connectivity index (χ1n) is 6.95.